The van der Waals surface area contributed by atoms with E-state index in [1.807, 2.05) is 0 Å². The molecule has 1 heteroatoms. The van der Waals surface area contributed by atoms with Crippen LogP contribution in [0.5, 0.6) is 0 Å². The molecular formula is C13H19N. The molecule has 0 saturated carbocycles. The number of aryl methyl sites for hydroxylation is 1. The van der Waals surface area contributed by atoms with Crippen LogP contribution in [0.15, 0.2) is 18.2 Å². The molecule has 0 aliphatic carbocycles. The highest BCUT2D eigenvalue weighted by Crippen LogP contribution is 2.33. The third kappa shape index (κ3) is 1.52. The van der Waals surface area contributed by atoms with Crippen molar-refractivity contribution < 1.29 is 0 Å². The molecule has 0 bridgehead atoms. The maximum Gasteiger partial charge on any atom is 0.0379 e. The van der Waals surface area contributed by atoms with Gasteiger partial charge in [0.25, 0.3) is 0 Å². The normalized spacial score (nSPS) is 25.4. The van der Waals surface area contributed by atoms with Crippen LogP contribution < -0.4 is 5.32 Å². The lowest BCUT2D eigenvalue weighted by atomic mass is 9.84. The Morgan fingerprint density at radius 2 is 2.21 bits per heavy atom. The van der Waals surface area contributed by atoms with Crippen molar-refractivity contribution in [3.05, 3.63) is 29.3 Å². The third-order valence-electron chi connectivity index (χ3n) is 3.55. The van der Waals surface area contributed by atoms with E-state index in [0.717, 1.165) is 0 Å². The monoisotopic (exact) mass is 189 g/mol. The molecule has 1 aromatic rings. The van der Waals surface area contributed by atoms with Crippen molar-refractivity contribution in [1.29, 1.82) is 0 Å². The second-order valence-corrected chi connectivity index (χ2v) is 4.64. The largest absolute Gasteiger partial charge is 0.380 e. The van der Waals surface area contributed by atoms with E-state index < -0.39 is 0 Å². The highest BCUT2D eigenvalue weighted by Gasteiger charge is 2.27. The Balaban J connectivity index is 2.36. The number of nitrogens with one attached hydrogen (secondary N) is 1. The van der Waals surface area contributed by atoms with Gasteiger partial charge in [0.2, 0.25) is 0 Å². The van der Waals surface area contributed by atoms with Crippen molar-refractivity contribution in [2.75, 3.05) is 5.32 Å². The first-order valence-electron chi connectivity index (χ1n) is 5.51. The van der Waals surface area contributed by atoms with E-state index in [-0.39, 0.29) is 0 Å². The summed E-state index contributed by atoms with van der Waals surface area (Å²) < 4.78 is 0. The van der Waals surface area contributed by atoms with E-state index in [0.29, 0.717) is 5.54 Å². The fourth-order valence-corrected chi connectivity index (χ4v) is 2.20. The second-order valence-electron chi connectivity index (χ2n) is 4.64. The van der Waals surface area contributed by atoms with Gasteiger partial charge in [-0.1, -0.05) is 19.1 Å². The molecule has 14 heavy (non-hydrogen) atoms. The molecule has 1 nitrogen and oxygen atoms in total. The van der Waals surface area contributed by atoms with Crippen LogP contribution >= 0.6 is 0 Å². The van der Waals surface area contributed by atoms with Crippen molar-refractivity contribution in [1.82, 2.24) is 0 Å². The molecule has 0 saturated heterocycles. The van der Waals surface area contributed by atoms with Crippen LogP contribution in [-0.4, -0.2) is 5.54 Å². The lowest BCUT2D eigenvalue weighted by Gasteiger charge is -2.37. The first-order chi connectivity index (χ1) is 6.64. The van der Waals surface area contributed by atoms with E-state index in [1.165, 1.54) is 36.1 Å². The Labute approximate surface area is 86.5 Å². The summed E-state index contributed by atoms with van der Waals surface area (Å²) in [5, 5.41) is 3.66. The molecule has 76 valence electrons. The number of hydrogen-bond donors (Lipinski definition) is 1. The van der Waals surface area contributed by atoms with Crippen LogP contribution in [0.25, 0.3) is 0 Å². The summed E-state index contributed by atoms with van der Waals surface area (Å²) in [6, 6.07) is 6.55. The Kier molecular flexibility index (Phi) is 2.26. The van der Waals surface area contributed by atoms with Gasteiger partial charge in [-0.15, -0.1) is 0 Å². The van der Waals surface area contributed by atoms with Gasteiger partial charge >= 0.3 is 0 Å². The Bertz CT molecular complexity index is 343. The average Bonchev–Trinajstić information content (AvgIpc) is 2.18. The zero-order valence-electron chi connectivity index (χ0n) is 9.35. The summed E-state index contributed by atoms with van der Waals surface area (Å²) in [6.45, 7) is 6.78. The highest BCUT2D eigenvalue weighted by molar-refractivity contribution is 5.58. The summed E-state index contributed by atoms with van der Waals surface area (Å²) in [6.07, 6.45) is 3.67. The Hall–Kier alpha value is -0.980. The number of fused-ring (bicyclic) bond motifs is 1. The second kappa shape index (κ2) is 3.30. The minimum absolute atomic E-state index is 0.306. The molecule has 0 amide bonds. The average molecular weight is 189 g/mol. The van der Waals surface area contributed by atoms with Gasteiger partial charge in [0, 0.05) is 11.2 Å². The van der Waals surface area contributed by atoms with Crippen LogP contribution in [0.2, 0.25) is 0 Å². The highest BCUT2D eigenvalue weighted by atomic mass is 15.0. The topological polar surface area (TPSA) is 12.0 Å². The van der Waals surface area contributed by atoms with E-state index in [2.05, 4.69) is 44.3 Å². The van der Waals surface area contributed by atoms with E-state index >= 15 is 0 Å². The maximum atomic E-state index is 3.66. The molecule has 1 aliphatic rings. The molecule has 1 unspecified atom stereocenters. The van der Waals surface area contributed by atoms with Crippen LogP contribution in [0.3, 0.4) is 0 Å². The van der Waals surface area contributed by atoms with Crippen molar-refractivity contribution in [3.8, 4) is 0 Å². The van der Waals surface area contributed by atoms with Gasteiger partial charge in [-0.25, -0.2) is 0 Å². The standard InChI is InChI=1S/C13H19N/c1-4-13(3)9-8-11-10(2)6-5-7-12(11)14-13/h5-7,14H,4,8-9H2,1-3H3. The minimum Gasteiger partial charge on any atom is -0.380 e. The minimum atomic E-state index is 0.306. The summed E-state index contributed by atoms with van der Waals surface area (Å²) in [4.78, 5) is 0. The van der Waals surface area contributed by atoms with Gasteiger partial charge in [0.1, 0.15) is 0 Å². The summed E-state index contributed by atoms with van der Waals surface area (Å²) in [5.74, 6) is 0. The molecule has 1 N–H and O–H groups in total. The van der Waals surface area contributed by atoms with Crippen molar-refractivity contribution in [2.45, 2.75) is 45.6 Å². The predicted octanol–water partition coefficient (Wildman–Crippen LogP) is 3.52. The van der Waals surface area contributed by atoms with Crippen LogP contribution in [-0.2, 0) is 6.42 Å². The Morgan fingerprint density at radius 1 is 1.43 bits per heavy atom. The SMILES string of the molecule is CCC1(C)CCc2c(C)cccc2N1. The van der Waals surface area contributed by atoms with Gasteiger partial charge in [-0.05, 0) is 50.3 Å². The number of hydrogen-bond acceptors (Lipinski definition) is 1. The quantitative estimate of drug-likeness (QED) is 0.712. The summed E-state index contributed by atoms with van der Waals surface area (Å²) in [5.41, 5.74) is 4.59. The zero-order valence-corrected chi connectivity index (χ0v) is 9.35. The van der Waals surface area contributed by atoms with Gasteiger partial charge < -0.3 is 5.32 Å². The third-order valence-corrected chi connectivity index (χ3v) is 3.55. The maximum absolute atomic E-state index is 3.66. The van der Waals surface area contributed by atoms with Gasteiger partial charge in [0.05, 0.1) is 0 Å². The number of anilines is 1. The summed E-state index contributed by atoms with van der Waals surface area (Å²) in [7, 11) is 0. The van der Waals surface area contributed by atoms with Crippen LogP contribution in [0, 0.1) is 6.92 Å². The van der Waals surface area contributed by atoms with Crippen LogP contribution in [0.4, 0.5) is 5.69 Å². The lowest BCUT2D eigenvalue weighted by molar-refractivity contribution is 0.443. The predicted molar refractivity (Wildman–Crippen MR) is 61.8 cm³/mol. The van der Waals surface area contributed by atoms with Gasteiger partial charge in [-0.3, -0.25) is 0 Å². The summed E-state index contributed by atoms with van der Waals surface area (Å²) >= 11 is 0. The molecule has 1 atom stereocenters. The molecule has 1 heterocycles. The fourth-order valence-electron chi connectivity index (χ4n) is 2.20. The van der Waals surface area contributed by atoms with Crippen molar-refractivity contribution >= 4 is 5.69 Å². The lowest BCUT2D eigenvalue weighted by Crippen LogP contribution is -2.38. The number of benzene rings is 1. The van der Waals surface area contributed by atoms with Crippen LogP contribution in [0.1, 0.15) is 37.8 Å². The molecule has 0 radical (unpaired) electrons. The Morgan fingerprint density at radius 3 is 2.93 bits per heavy atom. The van der Waals surface area contributed by atoms with E-state index in [9.17, 15) is 0 Å². The van der Waals surface area contributed by atoms with Gasteiger partial charge in [-0.2, -0.15) is 0 Å². The van der Waals surface area contributed by atoms with Gasteiger partial charge in [0.15, 0.2) is 0 Å². The molecule has 0 aromatic heterocycles. The van der Waals surface area contributed by atoms with E-state index in [4.69, 9.17) is 0 Å². The first kappa shape index (κ1) is 9.57. The first-order valence-corrected chi connectivity index (χ1v) is 5.51. The molecule has 1 aliphatic heterocycles. The molecular weight excluding hydrogens is 170 g/mol. The number of rotatable bonds is 1. The smallest absolute Gasteiger partial charge is 0.0379 e. The fraction of sp³-hybridized carbons (Fsp3) is 0.538. The van der Waals surface area contributed by atoms with Crippen molar-refractivity contribution in [2.24, 2.45) is 0 Å². The zero-order chi connectivity index (χ0) is 10.2. The molecule has 0 fully saturated rings. The molecule has 0 spiro atoms. The van der Waals surface area contributed by atoms with E-state index in [1.54, 1.807) is 0 Å². The van der Waals surface area contributed by atoms with Crippen molar-refractivity contribution in [3.63, 3.8) is 0 Å². The molecule has 1 aromatic carbocycles. The molecule has 2 rings (SSSR count).